The molecular weight excluding hydrogens is 230 g/mol. The average Bonchev–Trinajstić information content (AvgIpc) is 2.97. The summed E-state index contributed by atoms with van der Waals surface area (Å²) >= 11 is 0. The van der Waals surface area contributed by atoms with E-state index in [1.54, 1.807) is 6.20 Å². The lowest BCUT2D eigenvalue weighted by atomic mass is 9.80. The molecule has 5 nitrogen and oxygen atoms in total. The zero-order valence-corrected chi connectivity index (χ0v) is 10.7. The maximum atomic E-state index is 12.4. The first kappa shape index (κ1) is 11.7. The fraction of sp³-hybridized carbons (Fsp3) is 0.692. The second-order valence-corrected chi connectivity index (χ2v) is 5.50. The molecule has 3 heterocycles. The van der Waals surface area contributed by atoms with Crippen molar-refractivity contribution >= 4 is 5.91 Å². The number of H-pyrrole nitrogens is 1. The van der Waals surface area contributed by atoms with Crippen molar-refractivity contribution in [1.29, 1.82) is 0 Å². The van der Waals surface area contributed by atoms with Crippen molar-refractivity contribution in [3.63, 3.8) is 0 Å². The second-order valence-electron chi connectivity index (χ2n) is 5.50. The van der Waals surface area contributed by atoms with Crippen molar-refractivity contribution in [2.75, 3.05) is 26.3 Å². The number of carbonyl (C=O) groups is 1. The summed E-state index contributed by atoms with van der Waals surface area (Å²) < 4.78 is 5.42. The number of nitrogens with one attached hydrogen (secondary N) is 1. The van der Waals surface area contributed by atoms with Gasteiger partial charge >= 0.3 is 0 Å². The molecule has 2 aliphatic rings. The molecule has 2 fully saturated rings. The topological polar surface area (TPSA) is 58.2 Å². The Kier molecular flexibility index (Phi) is 2.86. The number of likely N-dealkylation sites (tertiary alicyclic amines) is 1. The minimum absolute atomic E-state index is 0.115. The van der Waals surface area contributed by atoms with Crippen LogP contribution >= 0.6 is 0 Å². The molecule has 3 rings (SSSR count). The molecule has 1 N–H and O–H groups in total. The Morgan fingerprint density at radius 1 is 1.44 bits per heavy atom. The predicted octanol–water partition coefficient (Wildman–Crippen LogP) is 1.36. The van der Waals surface area contributed by atoms with E-state index < -0.39 is 0 Å². The molecule has 2 saturated heterocycles. The van der Waals surface area contributed by atoms with Gasteiger partial charge in [0.15, 0.2) is 0 Å². The van der Waals surface area contributed by atoms with Crippen LogP contribution in [0.25, 0.3) is 0 Å². The molecule has 0 aliphatic carbocycles. The normalized spacial score (nSPS) is 22.6. The maximum Gasteiger partial charge on any atom is 0.257 e. The van der Waals surface area contributed by atoms with Crippen molar-refractivity contribution in [1.82, 2.24) is 15.1 Å². The molecule has 1 aromatic heterocycles. The number of ether oxygens (including phenoxy) is 1. The lowest BCUT2D eigenvalue weighted by Gasteiger charge is -2.33. The molecule has 5 heteroatoms. The number of hydrogen-bond donors (Lipinski definition) is 1. The van der Waals surface area contributed by atoms with Crippen LogP contribution in [-0.2, 0) is 4.74 Å². The molecule has 18 heavy (non-hydrogen) atoms. The van der Waals surface area contributed by atoms with Gasteiger partial charge in [-0.05, 0) is 31.6 Å². The van der Waals surface area contributed by atoms with Crippen molar-refractivity contribution < 1.29 is 9.53 Å². The minimum Gasteiger partial charge on any atom is -0.381 e. The first-order valence-corrected chi connectivity index (χ1v) is 6.57. The molecule has 1 spiro atoms. The fourth-order valence-electron chi connectivity index (χ4n) is 3.06. The Morgan fingerprint density at radius 3 is 2.89 bits per heavy atom. The molecule has 0 bridgehead atoms. The smallest absolute Gasteiger partial charge is 0.257 e. The van der Waals surface area contributed by atoms with Crippen molar-refractivity contribution in [2.45, 2.75) is 26.2 Å². The Bertz CT molecular complexity index is 449. The molecule has 0 atom stereocenters. The molecule has 98 valence electrons. The highest BCUT2D eigenvalue weighted by atomic mass is 16.5. The zero-order valence-electron chi connectivity index (χ0n) is 10.7. The van der Waals surface area contributed by atoms with Crippen molar-refractivity contribution in [2.24, 2.45) is 5.41 Å². The van der Waals surface area contributed by atoms with Crippen LogP contribution in [0.3, 0.4) is 0 Å². The summed E-state index contributed by atoms with van der Waals surface area (Å²) in [5.74, 6) is 0.115. The van der Waals surface area contributed by atoms with Gasteiger partial charge in [0.2, 0.25) is 0 Å². The highest BCUT2D eigenvalue weighted by molar-refractivity contribution is 5.95. The van der Waals surface area contributed by atoms with Gasteiger partial charge in [0.25, 0.3) is 5.91 Å². The van der Waals surface area contributed by atoms with E-state index in [0.29, 0.717) is 11.0 Å². The summed E-state index contributed by atoms with van der Waals surface area (Å²) in [6, 6.07) is 0. The van der Waals surface area contributed by atoms with Crippen LogP contribution in [0.2, 0.25) is 0 Å². The Balaban J connectivity index is 1.72. The first-order valence-electron chi connectivity index (χ1n) is 6.57. The van der Waals surface area contributed by atoms with Crippen LogP contribution in [0.5, 0.6) is 0 Å². The number of aromatic amines is 1. The molecule has 0 radical (unpaired) electrons. The predicted molar refractivity (Wildman–Crippen MR) is 66.3 cm³/mol. The molecule has 1 aromatic rings. The van der Waals surface area contributed by atoms with Crippen LogP contribution in [-0.4, -0.2) is 47.3 Å². The van der Waals surface area contributed by atoms with Crippen molar-refractivity contribution in [3.8, 4) is 0 Å². The number of aryl methyl sites for hydroxylation is 1. The van der Waals surface area contributed by atoms with E-state index in [1.165, 1.54) is 0 Å². The lowest BCUT2D eigenvalue weighted by Crippen LogP contribution is -2.35. The highest BCUT2D eigenvalue weighted by Crippen LogP contribution is 2.40. The number of amides is 1. The van der Waals surface area contributed by atoms with E-state index in [1.807, 2.05) is 11.8 Å². The standard InChI is InChI=1S/C13H19N3O2/c1-10-11(8-14-15-10)12(17)16-5-2-13(9-16)3-6-18-7-4-13/h8H,2-7,9H2,1H3,(H,14,15). The Morgan fingerprint density at radius 2 is 2.22 bits per heavy atom. The Hall–Kier alpha value is -1.36. The van der Waals surface area contributed by atoms with Crippen LogP contribution < -0.4 is 0 Å². The van der Waals surface area contributed by atoms with E-state index in [2.05, 4.69) is 10.2 Å². The molecule has 0 saturated carbocycles. The van der Waals surface area contributed by atoms with Gasteiger partial charge < -0.3 is 9.64 Å². The maximum absolute atomic E-state index is 12.4. The molecule has 0 unspecified atom stereocenters. The van der Waals surface area contributed by atoms with Crippen LogP contribution in [0.1, 0.15) is 35.3 Å². The number of nitrogens with zero attached hydrogens (tertiary/aromatic N) is 2. The summed E-state index contributed by atoms with van der Waals surface area (Å²) in [5.41, 5.74) is 1.87. The minimum atomic E-state index is 0.115. The Labute approximate surface area is 107 Å². The third-order valence-electron chi connectivity index (χ3n) is 4.34. The monoisotopic (exact) mass is 249 g/mol. The quantitative estimate of drug-likeness (QED) is 0.817. The number of rotatable bonds is 1. The van der Waals surface area contributed by atoms with E-state index in [-0.39, 0.29) is 5.91 Å². The van der Waals surface area contributed by atoms with E-state index in [9.17, 15) is 4.79 Å². The van der Waals surface area contributed by atoms with E-state index in [4.69, 9.17) is 4.74 Å². The summed E-state index contributed by atoms with van der Waals surface area (Å²) in [5, 5.41) is 6.75. The average molecular weight is 249 g/mol. The van der Waals surface area contributed by atoms with Gasteiger partial charge in [0.05, 0.1) is 11.8 Å². The summed E-state index contributed by atoms with van der Waals surface area (Å²) in [6.07, 6.45) is 4.91. The summed E-state index contributed by atoms with van der Waals surface area (Å²) in [4.78, 5) is 14.4. The van der Waals surface area contributed by atoms with Gasteiger partial charge in [0.1, 0.15) is 0 Å². The molecule has 0 aromatic carbocycles. The number of carbonyl (C=O) groups excluding carboxylic acids is 1. The third-order valence-corrected chi connectivity index (χ3v) is 4.34. The van der Waals surface area contributed by atoms with Gasteiger partial charge in [-0.15, -0.1) is 0 Å². The third kappa shape index (κ3) is 1.92. The SMILES string of the molecule is Cc1[nH]ncc1C(=O)N1CCC2(CCOCC2)C1. The van der Waals surface area contributed by atoms with Crippen LogP contribution in [0.15, 0.2) is 6.20 Å². The fourth-order valence-corrected chi connectivity index (χ4v) is 3.06. The number of aromatic nitrogens is 2. The van der Waals surface area contributed by atoms with Gasteiger partial charge in [-0.3, -0.25) is 9.89 Å². The number of hydrogen-bond acceptors (Lipinski definition) is 3. The largest absolute Gasteiger partial charge is 0.381 e. The van der Waals surface area contributed by atoms with E-state index >= 15 is 0 Å². The van der Waals surface area contributed by atoms with E-state index in [0.717, 1.165) is 51.3 Å². The first-order chi connectivity index (χ1) is 8.70. The summed E-state index contributed by atoms with van der Waals surface area (Å²) in [6.45, 7) is 5.31. The highest BCUT2D eigenvalue weighted by Gasteiger charge is 2.41. The second kappa shape index (κ2) is 4.39. The van der Waals surface area contributed by atoms with Crippen LogP contribution in [0.4, 0.5) is 0 Å². The van der Waals surface area contributed by atoms with Crippen LogP contribution in [0, 0.1) is 12.3 Å². The molecular formula is C13H19N3O2. The summed E-state index contributed by atoms with van der Waals surface area (Å²) in [7, 11) is 0. The van der Waals surface area contributed by atoms with Gasteiger partial charge in [-0.2, -0.15) is 5.10 Å². The van der Waals surface area contributed by atoms with Crippen molar-refractivity contribution in [3.05, 3.63) is 17.5 Å². The van der Waals surface area contributed by atoms with Gasteiger partial charge in [-0.25, -0.2) is 0 Å². The van der Waals surface area contributed by atoms with Gasteiger partial charge in [0, 0.05) is 32.0 Å². The lowest BCUT2D eigenvalue weighted by molar-refractivity contribution is 0.0191. The van der Waals surface area contributed by atoms with Gasteiger partial charge in [-0.1, -0.05) is 0 Å². The zero-order chi connectivity index (χ0) is 12.6. The molecule has 1 amide bonds. The molecule has 2 aliphatic heterocycles.